The molecule has 1 amide bonds. The van der Waals surface area contributed by atoms with Crippen LogP contribution in [0.2, 0.25) is 10.0 Å². The number of hydrogen-bond acceptors (Lipinski definition) is 3. The third-order valence-electron chi connectivity index (χ3n) is 4.44. The molecule has 0 bridgehead atoms. The highest BCUT2D eigenvalue weighted by atomic mass is 35.5. The van der Waals surface area contributed by atoms with Crippen LogP contribution in [0.25, 0.3) is 0 Å². The Morgan fingerprint density at radius 2 is 1.59 bits per heavy atom. The van der Waals surface area contributed by atoms with Crippen molar-refractivity contribution in [1.82, 2.24) is 5.32 Å². The van der Waals surface area contributed by atoms with E-state index in [-0.39, 0.29) is 11.9 Å². The zero-order chi connectivity index (χ0) is 20.8. The molecule has 1 N–H and O–H groups in total. The SMILES string of the molecule is COc1ccc(C(NC(=O)C(C)Oc2ccc(Cl)cc2Cl)c2ccccc2)cc1. The Labute approximate surface area is 180 Å². The highest BCUT2D eigenvalue weighted by Crippen LogP contribution is 2.29. The van der Waals surface area contributed by atoms with Gasteiger partial charge in [0.05, 0.1) is 18.2 Å². The maximum Gasteiger partial charge on any atom is 0.261 e. The number of benzene rings is 3. The number of rotatable bonds is 7. The van der Waals surface area contributed by atoms with Gasteiger partial charge in [0.15, 0.2) is 6.10 Å². The molecule has 0 aromatic heterocycles. The van der Waals surface area contributed by atoms with Gasteiger partial charge in [0.25, 0.3) is 5.91 Å². The Morgan fingerprint density at radius 1 is 0.931 bits per heavy atom. The van der Waals surface area contributed by atoms with E-state index in [9.17, 15) is 4.79 Å². The van der Waals surface area contributed by atoms with Crippen molar-refractivity contribution >= 4 is 29.1 Å². The highest BCUT2D eigenvalue weighted by molar-refractivity contribution is 6.35. The number of carbonyl (C=O) groups excluding carboxylic acids is 1. The van der Waals surface area contributed by atoms with Crippen molar-refractivity contribution in [2.24, 2.45) is 0 Å². The predicted octanol–water partition coefficient (Wildman–Crippen LogP) is 5.68. The molecule has 0 saturated carbocycles. The monoisotopic (exact) mass is 429 g/mol. The van der Waals surface area contributed by atoms with Gasteiger partial charge in [-0.1, -0.05) is 65.7 Å². The Hall–Kier alpha value is -2.69. The van der Waals surface area contributed by atoms with Crippen molar-refractivity contribution in [3.05, 3.63) is 94.0 Å². The lowest BCUT2D eigenvalue weighted by Gasteiger charge is -2.23. The van der Waals surface area contributed by atoms with E-state index in [1.807, 2.05) is 54.6 Å². The van der Waals surface area contributed by atoms with E-state index in [1.54, 1.807) is 32.2 Å². The molecule has 0 heterocycles. The van der Waals surface area contributed by atoms with Crippen LogP contribution in [0.4, 0.5) is 0 Å². The molecule has 2 atom stereocenters. The summed E-state index contributed by atoms with van der Waals surface area (Å²) < 4.78 is 11.0. The van der Waals surface area contributed by atoms with Crippen LogP contribution in [-0.4, -0.2) is 19.1 Å². The van der Waals surface area contributed by atoms with E-state index >= 15 is 0 Å². The number of hydrogen-bond donors (Lipinski definition) is 1. The van der Waals surface area contributed by atoms with Crippen LogP contribution in [0.5, 0.6) is 11.5 Å². The second kappa shape index (κ2) is 9.68. The van der Waals surface area contributed by atoms with Gasteiger partial charge in [-0.25, -0.2) is 0 Å². The summed E-state index contributed by atoms with van der Waals surface area (Å²) in [5.41, 5.74) is 1.89. The number of nitrogens with one attached hydrogen (secondary N) is 1. The molecule has 29 heavy (non-hydrogen) atoms. The summed E-state index contributed by atoms with van der Waals surface area (Å²) in [6, 6.07) is 21.9. The standard InChI is InChI=1S/C23H21Cl2NO3/c1-15(29-21-13-10-18(24)14-20(21)25)23(27)26-22(16-6-4-3-5-7-16)17-8-11-19(28-2)12-9-17/h3-15,22H,1-2H3,(H,26,27). The smallest absolute Gasteiger partial charge is 0.261 e. The Morgan fingerprint density at radius 3 is 2.21 bits per heavy atom. The van der Waals surface area contributed by atoms with Crippen molar-refractivity contribution in [1.29, 1.82) is 0 Å². The summed E-state index contributed by atoms with van der Waals surface area (Å²) in [5, 5.41) is 3.92. The summed E-state index contributed by atoms with van der Waals surface area (Å²) >= 11 is 12.1. The maximum absolute atomic E-state index is 12.9. The van der Waals surface area contributed by atoms with Crippen LogP contribution in [0.15, 0.2) is 72.8 Å². The summed E-state index contributed by atoms with van der Waals surface area (Å²) in [7, 11) is 1.62. The first-order chi connectivity index (χ1) is 14.0. The molecule has 0 fully saturated rings. The normalized spacial score (nSPS) is 12.7. The highest BCUT2D eigenvalue weighted by Gasteiger charge is 2.22. The van der Waals surface area contributed by atoms with Gasteiger partial charge >= 0.3 is 0 Å². The van der Waals surface area contributed by atoms with Crippen LogP contribution in [0.3, 0.4) is 0 Å². The van der Waals surface area contributed by atoms with Crippen LogP contribution in [0.1, 0.15) is 24.1 Å². The Kier molecular flexibility index (Phi) is 7.02. The summed E-state index contributed by atoms with van der Waals surface area (Å²) in [4.78, 5) is 12.9. The topological polar surface area (TPSA) is 47.6 Å². The minimum Gasteiger partial charge on any atom is -0.497 e. The lowest BCUT2D eigenvalue weighted by molar-refractivity contribution is -0.127. The van der Waals surface area contributed by atoms with Gasteiger partial charge in [-0.2, -0.15) is 0 Å². The van der Waals surface area contributed by atoms with E-state index in [1.165, 1.54) is 0 Å². The summed E-state index contributed by atoms with van der Waals surface area (Å²) in [6.07, 6.45) is -0.752. The van der Waals surface area contributed by atoms with Crippen molar-refractivity contribution < 1.29 is 14.3 Å². The molecular formula is C23H21Cl2NO3. The molecule has 0 aliphatic carbocycles. The Balaban J connectivity index is 1.80. The summed E-state index contributed by atoms with van der Waals surface area (Å²) in [5.74, 6) is 0.890. The molecule has 0 aliphatic rings. The van der Waals surface area contributed by atoms with Gasteiger partial charge in [-0.3, -0.25) is 4.79 Å². The molecular weight excluding hydrogens is 409 g/mol. The van der Waals surface area contributed by atoms with Gasteiger partial charge < -0.3 is 14.8 Å². The lowest BCUT2D eigenvalue weighted by atomic mass is 9.98. The van der Waals surface area contributed by atoms with Gasteiger partial charge in [-0.05, 0) is 48.4 Å². The molecule has 0 aliphatic heterocycles. The number of methoxy groups -OCH3 is 1. The average molecular weight is 430 g/mol. The van der Waals surface area contributed by atoms with Crippen molar-refractivity contribution in [2.75, 3.05) is 7.11 Å². The fourth-order valence-electron chi connectivity index (χ4n) is 2.88. The fourth-order valence-corrected chi connectivity index (χ4v) is 3.33. The van der Waals surface area contributed by atoms with Gasteiger partial charge in [-0.15, -0.1) is 0 Å². The van der Waals surface area contributed by atoms with Crippen molar-refractivity contribution in [2.45, 2.75) is 19.1 Å². The third kappa shape index (κ3) is 5.43. The Bertz CT molecular complexity index is 962. The molecule has 0 saturated heterocycles. The molecule has 6 heteroatoms. The lowest BCUT2D eigenvalue weighted by Crippen LogP contribution is -2.39. The molecule has 0 radical (unpaired) electrons. The van der Waals surface area contributed by atoms with Gasteiger partial charge in [0.1, 0.15) is 11.5 Å². The van der Waals surface area contributed by atoms with Crippen LogP contribution in [-0.2, 0) is 4.79 Å². The van der Waals surface area contributed by atoms with E-state index in [4.69, 9.17) is 32.7 Å². The maximum atomic E-state index is 12.9. The molecule has 2 unspecified atom stereocenters. The predicted molar refractivity (Wildman–Crippen MR) is 116 cm³/mol. The molecule has 150 valence electrons. The van der Waals surface area contributed by atoms with Crippen LogP contribution >= 0.6 is 23.2 Å². The fraction of sp³-hybridized carbons (Fsp3) is 0.174. The molecule has 3 aromatic carbocycles. The largest absolute Gasteiger partial charge is 0.497 e. The molecule has 4 nitrogen and oxygen atoms in total. The second-order valence-electron chi connectivity index (χ2n) is 6.46. The first-order valence-corrected chi connectivity index (χ1v) is 9.84. The van der Waals surface area contributed by atoms with Crippen LogP contribution < -0.4 is 14.8 Å². The van der Waals surface area contributed by atoms with E-state index < -0.39 is 6.10 Å². The van der Waals surface area contributed by atoms with Gasteiger partial charge in [0, 0.05) is 5.02 Å². The number of carbonyl (C=O) groups is 1. The minimum atomic E-state index is -0.752. The molecule has 3 aromatic rings. The zero-order valence-corrected chi connectivity index (χ0v) is 17.6. The van der Waals surface area contributed by atoms with Crippen molar-refractivity contribution in [3.63, 3.8) is 0 Å². The van der Waals surface area contributed by atoms with Crippen LogP contribution in [0, 0.1) is 0 Å². The number of ether oxygens (including phenoxy) is 2. The number of amides is 1. The summed E-state index contributed by atoms with van der Waals surface area (Å²) in [6.45, 7) is 1.68. The second-order valence-corrected chi connectivity index (χ2v) is 7.30. The zero-order valence-electron chi connectivity index (χ0n) is 16.1. The average Bonchev–Trinajstić information content (AvgIpc) is 2.74. The van der Waals surface area contributed by atoms with Crippen molar-refractivity contribution in [3.8, 4) is 11.5 Å². The van der Waals surface area contributed by atoms with E-state index in [0.717, 1.165) is 16.9 Å². The van der Waals surface area contributed by atoms with E-state index in [2.05, 4.69) is 5.32 Å². The molecule has 0 spiro atoms. The number of halogens is 2. The minimum absolute atomic E-state index is 0.263. The first kappa shape index (κ1) is 21.0. The van der Waals surface area contributed by atoms with Gasteiger partial charge in [0.2, 0.25) is 0 Å². The first-order valence-electron chi connectivity index (χ1n) is 9.09. The third-order valence-corrected chi connectivity index (χ3v) is 4.97. The van der Waals surface area contributed by atoms with E-state index in [0.29, 0.717) is 15.8 Å². The molecule has 3 rings (SSSR count). The quantitative estimate of drug-likeness (QED) is 0.525.